The predicted molar refractivity (Wildman–Crippen MR) is 38.0 cm³/mol. The van der Waals surface area contributed by atoms with E-state index < -0.39 is 10.3 Å². The van der Waals surface area contributed by atoms with Crippen LogP contribution in [0.15, 0.2) is 19.0 Å². The average Bonchev–Trinajstić information content (AvgIpc) is 2.31. The first-order valence-corrected chi connectivity index (χ1v) is 4.15. The molecule has 0 spiro atoms. The first kappa shape index (κ1) is 7.96. The number of nitrogens with one attached hydrogen (secondary N) is 1. The van der Waals surface area contributed by atoms with Crippen LogP contribution in [0.25, 0.3) is 6.08 Å². The summed E-state index contributed by atoms with van der Waals surface area (Å²) in [6.45, 7) is 3.35. The Kier molecular flexibility index (Phi) is 1.79. The molecule has 0 aliphatic heterocycles. The molecule has 6 heteroatoms. The third-order valence-electron chi connectivity index (χ3n) is 1.12. The second kappa shape index (κ2) is 2.48. The van der Waals surface area contributed by atoms with Gasteiger partial charge in [0.15, 0.2) is 0 Å². The van der Waals surface area contributed by atoms with Crippen molar-refractivity contribution in [1.82, 2.24) is 4.98 Å². The fourth-order valence-electron chi connectivity index (χ4n) is 0.684. The summed E-state index contributed by atoms with van der Waals surface area (Å²) >= 11 is 0. The number of H-pyrrole nitrogens is 1. The highest BCUT2D eigenvalue weighted by Crippen LogP contribution is 1.89. The van der Waals surface area contributed by atoms with Gasteiger partial charge in [-0.2, -0.15) is 8.42 Å². The van der Waals surface area contributed by atoms with Gasteiger partial charge in [-0.15, -0.1) is 0 Å². The number of nitrogens with zero attached hydrogens (tertiary/aromatic N) is 1. The summed E-state index contributed by atoms with van der Waals surface area (Å²) in [5.74, 6) is 0.215. The summed E-state index contributed by atoms with van der Waals surface area (Å²) < 4.78 is 30.3. The molecule has 60 valence electrons. The number of rotatable bonds is 2. The Bertz CT molecular complexity index is 365. The third kappa shape index (κ3) is 1.47. The van der Waals surface area contributed by atoms with E-state index in [0.717, 1.165) is 0 Å². The maximum atomic E-state index is 10.5. The van der Waals surface area contributed by atoms with Crippen molar-refractivity contribution in [3.05, 3.63) is 24.8 Å². The zero-order chi connectivity index (χ0) is 8.48. The van der Waals surface area contributed by atoms with E-state index in [2.05, 4.69) is 11.6 Å². The van der Waals surface area contributed by atoms with Crippen molar-refractivity contribution in [2.45, 2.75) is 0 Å². The summed E-state index contributed by atoms with van der Waals surface area (Å²) in [6, 6.07) is 0. The van der Waals surface area contributed by atoms with E-state index in [1.807, 2.05) is 0 Å². The van der Waals surface area contributed by atoms with Crippen LogP contribution in [0, 0.1) is 0 Å². The topological polar surface area (TPSA) is 74.0 Å². The molecule has 2 N–H and O–H groups in total. The van der Waals surface area contributed by atoms with Crippen LogP contribution in [0.3, 0.4) is 0 Å². The molecule has 1 rings (SSSR count). The van der Waals surface area contributed by atoms with Gasteiger partial charge in [-0.05, 0) is 0 Å². The zero-order valence-corrected chi connectivity index (χ0v) is 6.37. The first-order chi connectivity index (χ1) is 5.05. The molecule has 0 saturated carbocycles. The van der Waals surface area contributed by atoms with Gasteiger partial charge in [-0.1, -0.05) is 10.6 Å². The predicted octanol–water partition coefficient (Wildman–Crippen LogP) is -0.404. The summed E-state index contributed by atoms with van der Waals surface area (Å²) in [4.78, 5) is 2.57. The number of hydrogen-bond donors (Lipinski definition) is 2. The van der Waals surface area contributed by atoms with Crippen molar-refractivity contribution in [2.75, 3.05) is 0 Å². The highest BCUT2D eigenvalue weighted by molar-refractivity contribution is 7.79. The van der Waals surface area contributed by atoms with Gasteiger partial charge in [-0.25, -0.2) is 4.98 Å². The molecule has 0 aromatic carbocycles. The second-order valence-corrected chi connectivity index (χ2v) is 3.11. The Morgan fingerprint density at radius 3 is 2.73 bits per heavy atom. The summed E-state index contributed by atoms with van der Waals surface area (Å²) in [7, 11) is -4.19. The van der Waals surface area contributed by atoms with Gasteiger partial charge in [0, 0.05) is 6.08 Å². The van der Waals surface area contributed by atoms with E-state index in [-0.39, 0.29) is 5.82 Å². The monoisotopic (exact) mass is 175 g/mol. The Balaban J connectivity index is 3.35. The Morgan fingerprint density at radius 1 is 1.73 bits per heavy atom. The van der Waals surface area contributed by atoms with Gasteiger partial charge >= 0.3 is 10.3 Å². The zero-order valence-electron chi connectivity index (χ0n) is 5.56. The van der Waals surface area contributed by atoms with E-state index >= 15 is 0 Å². The van der Waals surface area contributed by atoms with E-state index in [4.69, 9.17) is 4.55 Å². The third-order valence-corrected chi connectivity index (χ3v) is 1.94. The molecule has 1 aromatic heterocycles. The van der Waals surface area contributed by atoms with Crippen LogP contribution < -0.4 is 3.97 Å². The van der Waals surface area contributed by atoms with Gasteiger partial charge in [0.1, 0.15) is 12.4 Å². The van der Waals surface area contributed by atoms with Crippen LogP contribution in [0.2, 0.25) is 0 Å². The normalized spacial score (nSPS) is 11.4. The molecule has 1 heterocycles. The molecule has 0 saturated heterocycles. The molecule has 0 radical (unpaired) electrons. The van der Waals surface area contributed by atoms with E-state index in [1.54, 1.807) is 0 Å². The second-order valence-electron chi connectivity index (χ2n) is 1.82. The molecule has 0 aliphatic carbocycles. The van der Waals surface area contributed by atoms with Crippen molar-refractivity contribution >= 4 is 16.4 Å². The van der Waals surface area contributed by atoms with Crippen LogP contribution in [0.1, 0.15) is 5.82 Å². The smallest absolute Gasteiger partial charge is 0.251 e. The van der Waals surface area contributed by atoms with Gasteiger partial charge < -0.3 is 0 Å². The fourth-order valence-corrected chi connectivity index (χ4v) is 1.27. The molecule has 1 aromatic rings. The fraction of sp³-hybridized carbons (Fsp3) is 0. The number of aromatic amines is 1. The van der Waals surface area contributed by atoms with Gasteiger partial charge in [0.25, 0.3) is 5.82 Å². The summed E-state index contributed by atoms with van der Waals surface area (Å²) in [5.41, 5.74) is 0. The molecule has 0 fully saturated rings. The van der Waals surface area contributed by atoms with Gasteiger partial charge in [0.05, 0.1) is 0 Å². The Labute approximate surface area is 63.9 Å². The maximum Gasteiger partial charge on any atom is 0.439 e. The molecule has 11 heavy (non-hydrogen) atoms. The Hall–Kier alpha value is -1.14. The van der Waals surface area contributed by atoms with Crippen molar-refractivity contribution in [1.29, 1.82) is 0 Å². The van der Waals surface area contributed by atoms with Gasteiger partial charge in [0.2, 0.25) is 0 Å². The molecule has 0 bridgehead atoms. The minimum Gasteiger partial charge on any atom is -0.251 e. The molecule has 0 atom stereocenters. The molecule has 0 amide bonds. The van der Waals surface area contributed by atoms with Crippen LogP contribution in [-0.2, 0) is 10.3 Å². The lowest BCUT2D eigenvalue weighted by molar-refractivity contribution is -0.519. The molecular formula is C5H7N2O3S+. The van der Waals surface area contributed by atoms with Crippen LogP contribution in [-0.4, -0.2) is 18.0 Å². The van der Waals surface area contributed by atoms with Crippen LogP contribution >= 0.6 is 0 Å². The first-order valence-electron chi connectivity index (χ1n) is 2.75. The van der Waals surface area contributed by atoms with Gasteiger partial charge in [-0.3, -0.25) is 4.55 Å². The van der Waals surface area contributed by atoms with E-state index in [1.165, 1.54) is 18.5 Å². The minimum absolute atomic E-state index is 0.215. The standard InChI is InChI=1S/C5H6N2O3S/c1-2-5-6-3-4-7(5)11(8,9)10/h2-4H,1H2,(H,8,9,10)/p+1. The lowest BCUT2D eigenvalue weighted by atomic mass is 10.6. The number of aromatic nitrogens is 2. The maximum absolute atomic E-state index is 10.5. The largest absolute Gasteiger partial charge is 0.439 e. The summed E-state index contributed by atoms with van der Waals surface area (Å²) in [5, 5.41) is 0. The SMILES string of the molecule is C=Cc1[nH]cc[n+]1S(=O)(=O)O. The molecule has 0 aliphatic rings. The van der Waals surface area contributed by atoms with E-state index in [0.29, 0.717) is 3.97 Å². The highest BCUT2D eigenvalue weighted by atomic mass is 32.2. The number of hydrogen-bond acceptors (Lipinski definition) is 2. The highest BCUT2D eigenvalue weighted by Gasteiger charge is 2.18. The quantitative estimate of drug-likeness (QED) is 0.474. The van der Waals surface area contributed by atoms with Crippen molar-refractivity contribution in [3.63, 3.8) is 0 Å². The summed E-state index contributed by atoms with van der Waals surface area (Å²) in [6.07, 6.45) is 3.85. The molecule has 5 nitrogen and oxygen atoms in total. The molecular weight excluding hydrogens is 168 g/mol. The van der Waals surface area contributed by atoms with Crippen molar-refractivity contribution in [2.24, 2.45) is 0 Å². The van der Waals surface area contributed by atoms with Crippen LogP contribution in [0.5, 0.6) is 0 Å². The lowest BCUT2D eigenvalue weighted by Crippen LogP contribution is -2.42. The van der Waals surface area contributed by atoms with Crippen LogP contribution in [0.4, 0.5) is 0 Å². The van der Waals surface area contributed by atoms with E-state index in [9.17, 15) is 8.42 Å². The number of imidazole rings is 1. The molecule has 0 unspecified atom stereocenters. The minimum atomic E-state index is -4.19. The average molecular weight is 175 g/mol. The Morgan fingerprint density at radius 2 is 2.36 bits per heavy atom. The van der Waals surface area contributed by atoms with Crippen molar-refractivity contribution < 1.29 is 16.9 Å². The van der Waals surface area contributed by atoms with Crippen molar-refractivity contribution in [3.8, 4) is 0 Å². The lowest BCUT2D eigenvalue weighted by Gasteiger charge is -1.88.